The van der Waals surface area contributed by atoms with Gasteiger partial charge in [0.2, 0.25) is 5.91 Å². The van der Waals surface area contributed by atoms with Crippen LogP contribution in [0.2, 0.25) is 0 Å². The number of nitrogens with one attached hydrogen (secondary N) is 1. The molecule has 0 aliphatic rings. The van der Waals surface area contributed by atoms with Crippen LogP contribution in [0, 0.1) is 27.7 Å². The first kappa shape index (κ1) is 27.1. The molecule has 1 N–H and O–H groups in total. The minimum atomic E-state index is -4.11. The molecule has 3 aromatic rings. The van der Waals surface area contributed by atoms with Crippen molar-refractivity contribution in [2.45, 2.75) is 45.6 Å². The van der Waals surface area contributed by atoms with Crippen LogP contribution in [0.25, 0.3) is 0 Å². The Balaban J connectivity index is 2.01. The van der Waals surface area contributed by atoms with E-state index in [0.29, 0.717) is 11.5 Å². The van der Waals surface area contributed by atoms with Crippen LogP contribution in [0.5, 0.6) is 11.5 Å². The van der Waals surface area contributed by atoms with E-state index in [9.17, 15) is 13.2 Å². The highest BCUT2D eigenvalue weighted by Gasteiger charge is 2.30. The topological polar surface area (TPSA) is 84.9 Å². The number of nitrogens with zero attached hydrogens (tertiary/aromatic N) is 1. The molecule has 0 aliphatic heterocycles. The van der Waals surface area contributed by atoms with E-state index in [4.69, 9.17) is 9.47 Å². The third-order valence-corrected chi connectivity index (χ3v) is 8.05. The lowest BCUT2D eigenvalue weighted by Crippen LogP contribution is -2.41. The van der Waals surface area contributed by atoms with Crippen molar-refractivity contribution in [3.05, 3.63) is 82.4 Å². The highest BCUT2D eigenvalue weighted by Crippen LogP contribution is 2.35. The summed E-state index contributed by atoms with van der Waals surface area (Å²) >= 11 is 0. The number of rotatable bonds is 9. The van der Waals surface area contributed by atoms with Gasteiger partial charge < -0.3 is 14.8 Å². The fraction of sp³-hybridized carbons (Fsp3) is 0.321. The number of anilines is 1. The Morgan fingerprint density at radius 3 is 2.14 bits per heavy atom. The van der Waals surface area contributed by atoms with Gasteiger partial charge >= 0.3 is 0 Å². The predicted octanol–water partition coefficient (Wildman–Crippen LogP) is 5.01. The lowest BCUT2D eigenvalue weighted by atomic mass is 9.96. The first-order valence-electron chi connectivity index (χ1n) is 11.7. The number of hydrogen-bond acceptors (Lipinski definition) is 5. The minimum absolute atomic E-state index is 0.0730. The van der Waals surface area contributed by atoms with Crippen LogP contribution >= 0.6 is 0 Å². The second kappa shape index (κ2) is 11.0. The molecule has 0 spiro atoms. The molecule has 0 saturated carbocycles. The number of carbonyl (C=O) groups excluding carboxylic acids is 1. The van der Waals surface area contributed by atoms with Gasteiger partial charge in [-0.3, -0.25) is 9.10 Å². The maximum absolute atomic E-state index is 13.8. The van der Waals surface area contributed by atoms with E-state index in [2.05, 4.69) is 17.4 Å². The molecule has 3 aromatic carbocycles. The summed E-state index contributed by atoms with van der Waals surface area (Å²) in [6, 6.07) is 15.2. The van der Waals surface area contributed by atoms with Gasteiger partial charge in [-0.15, -0.1) is 0 Å². The Morgan fingerprint density at radius 2 is 1.53 bits per heavy atom. The van der Waals surface area contributed by atoms with Crippen molar-refractivity contribution in [2.24, 2.45) is 0 Å². The van der Waals surface area contributed by atoms with Crippen LogP contribution in [0.1, 0.15) is 40.8 Å². The number of hydrogen-bond donors (Lipinski definition) is 1. The van der Waals surface area contributed by atoms with E-state index >= 15 is 0 Å². The lowest BCUT2D eigenvalue weighted by Gasteiger charge is -2.27. The molecule has 0 bridgehead atoms. The van der Waals surface area contributed by atoms with Crippen molar-refractivity contribution in [2.75, 3.05) is 25.1 Å². The highest BCUT2D eigenvalue weighted by molar-refractivity contribution is 7.92. The predicted molar refractivity (Wildman–Crippen MR) is 142 cm³/mol. The molecule has 0 saturated heterocycles. The van der Waals surface area contributed by atoms with Crippen molar-refractivity contribution < 1.29 is 22.7 Å². The van der Waals surface area contributed by atoms with Crippen molar-refractivity contribution in [1.82, 2.24) is 5.32 Å². The smallest absolute Gasteiger partial charge is 0.264 e. The summed E-state index contributed by atoms with van der Waals surface area (Å²) in [5, 5.41) is 2.97. The zero-order valence-corrected chi connectivity index (χ0v) is 22.7. The van der Waals surface area contributed by atoms with E-state index < -0.39 is 22.5 Å². The summed E-state index contributed by atoms with van der Waals surface area (Å²) in [7, 11) is -1.17. The van der Waals surface area contributed by atoms with Gasteiger partial charge in [0.1, 0.15) is 18.0 Å². The number of amides is 1. The van der Waals surface area contributed by atoms with Crippen molar-refractivity contribution in [3.63, 3.8) is 0 Å². The number of aryl methyl sites for hydroxylation is 4. The normalized spacial score (nSPS) is 12.1. The first-order chi connectivity index (χ1) is 17.0. The molecule has 36 heavy (non-hydrogen) atoms. The summed E-state index contributed by atoms with van der Waals surface area (Å²) in [4.78, 5) is 13.3. The third-order valence-electron chi connectivity index (χ3n) is 6.28. The minimum Gasteiger partial charge on any atom is -0.497 e. The fourth-order valence-corrected chi connectivity index (χ4v) is 5.50. The molecule has 0 fully saturated rings. The molecule has 3 rings (SSSR count). The summed E-state index contributed by atoms with van der Waals surface area (Å²) in [6.45, 7) is 9.40. The van der Waals surface area contributed by atoms with E-state index in [0.717, 1.165) is 26.6 Å². The van der Waals surface area contributed by atoms with Crippen LogP contribution in [0.4, 0.5) is 5.69 Å². The van der Waals surface area contributed by atoms with E-state index in [1.54, 1.807) is 30.3 Å². The molecule has 1 amide bonds. The molecule has 7 nitrogen and oxygen atoms in total. The molecule has 0 aromatic heterocycles. The van der Waals surface area contributed by atoms with Crippen LogP contribution in [0.3, 0.4) is 0 Å². The maximum Gasteiger partial charge on any atom is 0.264 e. The Bertz CT molecular complexity index is 1350. The largest absolute Gasteiger partial charge is 0.497 e. The second-order valence-corrected chi connectivity index (χ2v) is 10.8. The quantitative estimate of drug-likeness (QED) is 0.437. The van der Waals surface area contributed by atoms with Gasteiger partial charge in [-0.2, -0.15) is 0 Å². The summed E-state index contributed by atoms with van der Waals surface area (Å²) in [5.41, 5.74) is 5.48. The molecule has 8 heteroatoms. The van der Waals surface area contributed by atoms with Gasteiger partial charge in [0, 0.05) is 6.07 Å². The van der Waals surface area contributed by atoms with E-state index in [-0.39, 0.29) is 16.6 Å². The molecular weight excluding hydrogens is 476 g/mol. The number of ether oxygens (including phenoxy) is 2. The standard InChI is InChI=1S/C28H34N2O5S/c1-18-8-11-24(12-9-18)36(32,33)30(26-16-23(34-6)10-13-27(26)35-7)17-28(31)29-22(5)25-15-20(3)19(2)14-21(25)4/h8-16,22H,17H2,1-7H3,(H,29,31). The maximum atomic E-state index is 13.8. The Morgan fingerprint density at radius 1 is 0.889 bits per heavy atom. The molecule has 1 unspecified atom stereocenters. The highest BCUT2D eigenvalue weighted by atomic mass is 32.2. The van der Waals surface area contributed by atoms with Crippen LogP contribution in [-0.4, -0.2) is 35.1 Å². The zero-order valence-electron chi connectivity index (χ0n) is 21.9. The average Bonchev–Trinajstić information content (AvgIpc) is 2.84. The zero-order chi connectivity index (χ0) is 26.6. The third kappa shape index (κ3) is 5.82. The van der Waals surface area contributed by atoms with Crippen molar-refractivity contribution >= 4 is 21.6 Å². The Labute approximate surface area is 214 Å². The number of benzene rings is 3. The molecule has 1 atom stereocenters. The van der Waals surface area contributed by atoms with Crippen LogP contribution in [0.15, 0.2) is 59.5 Å². The van der Waals surface area contributed by atoms with Gasteiger partial charge in [0.05, 0.1) is 30.8 Å². The van der Waals surface area contributed by atoms with Gasteiger partial charge in [0.25, 0.3) is 10.0 Å². The van der Waals surface area contributed by atoms with Crippen molar-refractivity contribution in [1.29, 1.82) is 0 Å². The van der Waals surface area contributed by atoms with Crippen LogP contribution < -0.4 is 19.1 Å². The summed E-state index contributed by atoms with van der Waals surface area (Å²) < 4.78 is 39.4. The van der Waals surface area contributed by atoms with E-state index in [1.807, 2.05) is 34.6 Å². The number of sulfonamides is 1. The monoisotopic (exact) mass is 510 g/mol. The average molecular weight is 511 g/mol. The summed E-state index contributed by atoms with van der Waals surface area (Å²) in [5.74, 6) is 0.299. The molecule has 192 valence electrons. The van der Waals surface area contributed by atoms with Crippen molar-refractivity contribution in [3.8, 4) is 11.5 Å². The fourth-order valence-electron chi connectivity index (χ4n) is 4.07. The van der Waals surface area contributed by atoms with Gasteiger partial charge in [-0.05, 0) is 81.1 Å². The van der Waals surface area contributed by atoms with Gasteiger partial charge in [0.15, 0.2) is 0 Å². The Hall–Kier alpha value is -3.52. The Kier molecular flexibility index (Phi) is 8.30. The van der Waals surface area contributed by atoms with Gasteiger partial charge in [-0.25, -0.2) is 8.42 Å². The SMILES string of the molecule is COc1ccc(OC)c(N(CC(=O)NC(C)c2cc(C)c(C)cc2C)S(=O)(=O)c2ccc(C)cc2)c1. The summed E-state index contributed by atoms with van der Waals surface area (Å²) in [6.07, 6.45) is 0. The van der Waals surface area contributed by atoms with E-state index in [1.165, 1.54) is 31.9 Å². The second-order valence-electron chi connectivity index (χ2n) is 8.94. The molecular formula is C28H34N2O5S. The first-order valence-corrected chi connectivity index (χ1v) is 13.1. The molecule has 0 radical (unpaired) electrons. The number of methoxy groups -OCH3 is 2. The van der Waals surface area contributed by atoms with Crippen LogP contribution in [-0.2, 0) is 14.8 Å². The molecule has 0 heterocycles. The number of carbonyl (C=O) groups is 1. The molecule has 0 aliphatic carbocycles. The lowest BCUT2D eigenvalue weighted by molar-refractivity contribution is -0.120. The van der Waals surface area contributed by atoms with Gasteiger partial charge in [-0.1, -0.05) is 29.8 Å².